The maximum atomic E-state index is 6.00. The number of ether oxygens (including phenoxy) is 1. The van der Waals surface area contributed by atoms with Crippen molar-refractivity contribution in [1.29, 1.82) is 0 Å². The van der Waals surface area contributed by atoms with Crippen LogP contribution in [0.3, 0.4) is 0 Å². The van der Waals surface area contributed by atoms with Crippen molar-refractivity contribution in [1.82, 2.24) is 14.8 Å². The van der Waals surface area contributed by atoms with E-state index in [9.17, 15) is 0 Å². The molecule has 0 saturated heterocycles. The lowest BCUT2D eigenvalue weighted by Gasteiger charge is -2.17. The Bertz CT molecular complexity index is 312. The van der Waals surface area contributed by atoms with Crippen LogP contribution in [0.15, 0.2) is 0 Å². The fourth-order valence-electron chi connectivity index (χ4n) is 1.45. The van der Waals surface area contributed by atoms with E-state index in [0.29, 0.717) is 24.4 Å². The lowest BCUT2D eigenvalue weighted by Crippen LogP contribution is -2.16. The van der Waals surface area contributed by atoms with E-state index in [0.717, 1.165) is 5.82 Å². The first kappa shape index (κ1) is 12.5. The summed E-state index contributed by atoms with van der Waals surface area (Å²) in [5.74, 6) is 1.22. The lowest BCUT2D eigenvalue weighted by atomic mass is 10.2. The summed E-state index contributed by atoms with van der Waals surface area (Å²) in [4.78, 5) is 0. The average Bonchev–Trinajstić information content (AvgIpc) is 2.56. The predicted molar refractivity (Wildman–Crippen MR) is 60.3 cm³/mol. The number of halogens is 1. The molecule has 1 heterocycles. The predicted octanol–water partition coefficient (Wildman–Crippen LogP) is 2.65. The zero-order chi connectivity index (χ0) is 11.4. The Kier molecular flexibility index (Phi) is 4.54. The molecule has 4 nitrogen and oxygen atoms in total. The average molecular weight is 232 g/mol. The van der Waals surface area contributed by atoms with E-state index in [4.69, 9.17) is 16.3 Å². The Labute approximate surface area is 95.6 Å². The highest BCUT2D eigenvalue weighted by Gasteiger charge is 2.18. The third-order valence-electron chi connectivity index (χ3n) is 2.20. The van der Waals surface area contributed by atoms with E-state index < -0.39 is 0 Å². The molecule has 1 aromatic rings. The molecule has 0 aliphatic carbocycles. The van der Waals surface area contributed by atoms with Gasteiger partial charge in [0.1, 0.15) is 5.82 Å². The van der Waals surface area contributed by atoms with Crippen molar-refractivity contribution in [3.05, 3.63) is 11.1 Å². The minimum atomic E-state index is 0.171. The van der Waals surface area contributed by atoms with E-state index in [2.05, 4.69) is 31.0 Å². The molecule has 0 bridgehead atoms. The Hall–Kier alpha value is -0.610. The van der Waals surface area contributed by atoms with Gasteiger partial charge in [-0.3, -0.25) is 4.57 Å². The van der Waals surface area contributed by atoms with Gasteiger partial charge in [0.15, 0.2) is 0 Å². The van der Waals surface area contributed by atoms with Crippen LogP contribution in [0.25, 0.3) is 0 Å². The first-order chi connectivity index (χ1) is 7.07. The molecule has 0 radical (unpaired) electrons. The van der Waals surface area contributed by atoms with Crippen LogP contribution in [0.2, 0.25) is 5.28 Å². The summed E-state index contributed by atoms with van der Waals surface area (Å²) < 4.78 is 7.31. The van der Waals surface area contributed by atoms with Crippen molar-refractivity contribution in [2.45, 2.75) is 39.7 Å². The van der Waals surface area contributed by atoms with Crippen molar-refractivity contribution < 1.29 is 4.74 Å². The molecule has 5 heteroatoms. The van der Waals surface area contributed by atoms with Gasteiger partial charge in [0, 0.05) is 12.5 Å². The highest BCUT2D eigenvalue weighted by atomic mass is 35.5. The van der Waals surface area contributed by atoms with Crippen LogP contribution in [0.4, 0.5) is 0 Å². The molecule has 1 aromatic heterocycles. The van der Waals surface area contributed by atoms with Crippen molar-refractivity contribution >= 4 is 11.6 Å². The van der Waals surface area contributed by atoms with Gasteiger partial charge in [0.25, 0.3) is 0 Å². The van der Waals surface area contributed by atoms with Gasteiger partial charge in [-0.05, 0) is 25.4 Å². The zero-order valence-electron chi connectivity index (χ0n) is 9.70. The number of hydrogen-bond donors (Lipinski definition) is 0. The van der Waals surface area contributed by atoms with Crippen molar-refractivity contribution in [2.75, 3.05) is 13.2 Å². The first-order valence-corrected chi connectivity index (χ1v) is 5.63. The Balaban J connectivity index is 2.85. The van der Waals surface area contributed by atoms with Crippen LogP contribution in [-0.2, 0) is 4.74 Å². The van der Waals surface area contributed by atoms with Gasteiger partial charge in [-0.25, -0.2) is 0 Å². The summed E-state index contributed by atoms with van der Waals surface area (Å²) >= 11 is 6.00. The van der Waals surface area contributed by atoms with Crippen LogP contribution in [-0.4, -0.2) is 28.0 Å². The second-order valence-corrected chi connectivity index (χ2v) is 4.20. The van der Waals surface area contributed by atoms with Crippen LogP contribution in [0.1, 0.15) is 45.5 Å². The van der Waals surface area contributed by atoms with Crippen molar-refractivity contribution in [3.8, 4) is 0 Å². The molecule has 0 saturated carbocycles. The van der Waals surface area contributed by atoms with Gasteiger partial charge in [0.05, 0.1) is 12.6 Å². The minimum absolute atomic E-state index is 0.171. The third-order valence-corrected chi connectivity index (χ3v) is 2.46. The maximum Gasteiger partial charge on any atom is 0.225 e. The molecule has 0 fully saturated rings. The summed E-state index contributed by atoms with van der Waals surface area (Å²) in [5.41, 5.74) is 0. The molecule has 0 spiro atoms. The fraction of sp³-hybridized carbons (Fsp3) is 0.800. The molecular weight excluding hydrogens is 214 g/mol. The number of rotatable bonds is 5. The second kappa shape index (κ2) is 5.47. The monoisotopic (exact) mass is 231 g/mol. The van der Waals surface area contributed by atoms with Gasteiger partial charge < -0.3 is 4.74 Å². The maximum absolute atomic E-state index is 6.00. The number of hydrogen-bond acceptors (Lipinski definition) is 3. The van der Waals surface area contributed by atoms with Gasteiger partial charge >= 0.3 is 0 Å². The summed E-state index contributed by atoms with van der Waals surface area (Å²) in [7, 11) is 0. The van der Waals surface area contributed by atoms with Gasteiger partial charge in [-0.15, -0.1) is 10.2 Å². The smallest absolute Gasteiger partial charge is 0.225 e. The summed E-state index contributed by atoms with van der Waals surface area (Å²) in [6, 6.07) is 0.171. The third kappa shape index (κ3) is 2.92. The molecule has 0 aliphatic rings. The second-order valence-electron chi connectivity index (χ2n) is 3.86. The van der Waals surface area contributed by atoms with Crippen LogP contribution >= 0.6 is 11.6 Å². The zero-order valence-corrected chi connectivity index (χ0v) is 10.5. The largest absolute Gasteiger partial charge is 0.380 e. The molecule has 1 rings (SSSR count). The summed E-state index contributed by atoms with van der Waals surface area (Å²) in [5, 5.41) is 8.40. The highest BCUT2D eigenvalue weighted by Crippen LogP contribution is 2.21. The lowest BCUT2D eigenvalue weighted by molar-refractivity contribution is 0.117. The SMILES string of the molecule is CCOCC(C)n1c(Cl)nnc1C(C)C. The van der Waals surface area contributed by atoms with Gasteiger partial charge in [0.2, 0.25) is 5.28 Å². The van der Waals surface area contributed by atoms with Gasteiger partial charge in [-0.2, -0.15) is 0 Å². The topological polar surface area (TPSA) is 39.9 Å². The van der Waals surface area contributed by atoms with E-state index in [1.807, 2.05) is 11.5 Å². The van der Waals surface area contributed by atoms with Crippen molar-refractivity contribution in [2.24, 2.45) is 0 Å². The fourth-order valence-corrected chi connectivity index (χ4v) is 1.74. The molecule has 0 aliphatic heterocycles. The minimum Gasteiger partial charge on any atom is -0.380 e. The molecular formula is C10H18ClN3O. The standard InChI is InChI=1S/C10H18ClN3O/c1-5-15-6-8(4)14-9(7(2)3)12-13-10(14)11/h7-8H,5-6H2,1-4H3. The van der Waals surface area contributed by atoms with E-state index >= 15 is 0 Å². The van der Waals surface area contributed by atoms with Crippen LogP contribution in [0.5, 0.6) is 0 Å². The van der Waals surface area contributed by atoms with Gasteiger partial charge in [-0.1, -0.05) is 13.8 Å². The number of aromatic nitrogens is 3. The quantitative estimate of drug-likeness (QED) is 0.782. The summed E-state index contributed by atoms with van der Waals surface area (Å²) in [6.07, 6.45) is 0. The Morgan fingerprint density at radius 3 is 2.53 bits per heavy atom. The molecule has 1 unspecified atom stereocenters. The molecule has 86 valence electrons. The normalized spacial score (nSPS) is 13.5. The van der Waals surface area contributed by atoms with E-state index in [1.54, 1.807) is 0 Å². The van der Waals surface area contributed by atoms with E-state index in [1.165, 1.54) is 0 Å². The van der Waals surface area contributed by atoms with Crippen LogP contribution in [0, 0.1) is 0 Å². The Morgan fingerprint density at radius 1 is 1.33 bits per heavy atom. The molecule has 1 atom stereocenters. The molecule has 0 amide bonds. The van der Waals surface area contributed by atoms with E-state index in [-0.39, 0.29) is 6.04 Å². The highest BCUT2D eigenvalue weighted by molar-refractivity contribution is 6.28. The molecule has 15 heavy (non-hydrogen) atoms. The molecule has 0 N–H and O–H groups in total. The molecule has 0 aromatic carbocycles. The first-order valence-electron chi connectivity index (χ1n) is 5.26. The van der Waals surface area contributed by atoms with Crippen molar-refractivity contribution in [3.63, 3.8) is 0 Å². The number of nitrogens with zero attached hydrogens (tertiary/aromatic N) is 3. The summed E-state index contributed by atoms with van der Waals surface area (Å²) in [6.45, 7) is 9.52. The Morgan fingerprint density at radius 2 is 2.00 bits per heavy atom. The van der Waals surface area contributed by atoms with Crippen LogP contribution < -0.4 is 0 Å².